The van der Waals surface area contributed by atoms with Crippen LogP contribution in [-0.4, -0.2) is 11.6 Å². The Kier molecular flexibility index (Phi) is 2.37. The molecule has 54 valence electrons. The van der Waals surface area contributed by atoms with E-state index in [9.17, 15) is 9.59 Å². The Morgan fingerprint density at radius 3 is 1.70 bits per heavy atom. The van der Waals surface area contributed by atoms with Crippen molar-refractivity contribution in [1.29, 1.82) is 0 Å². The molecule has 2 nitrogen and oxygen atoms in total. The molecule has 0 radical (unpaired) electrons. The molecule has 0 saturated heterocycles. The zero-order valence-corrected chi connectivity index (χ0v) is 5.80. The number of hydrogen-bond donors (Lipinski definition) is 0. The fraction of sp³-hybridized carbons (Fsp3) is 0.500. The second-order valence-corrected chi connectivity index (χ2v) is 2.40. The largest absolute Gasteiger partial charge is 0.291 e. The van der Waals surface area contributed by atoms with Crippen LogP contribution in [0.3, 0.4) is 0 Å². The molecule has 0 bridgehead atoms. The van der Waals surface area contributed by atoms with Gasteiger partial charge in [0.25, 0.3) is 0 Å². The van der Waals surface area contributed by atoms with Crippen LogP contribution in [0.5, 0.6) is 0 Å². The van der Waals surface area contributed by atoms with Crippen LogP contribution in [0.15, 0.2) is 12.2 Å². The van der Waals surface area contributed by atoms with Crippen LogP contribution in [0.2, 0.25) is 0 Å². The predicted octanol–water partition coefficient (Wildman–Crippen LogP) is 1.25. The molecule has 0 N–H and O–H groups in total. The van der Waals surface area contributed by atoms with E-state index in [0.717, 1.165) is 12.8 Å². The van der Waals surface area contributed by atoms with Crippen molar-refractivity contribution in [3.8, 4) is 0 Å². The molecule has 0 aromatic rings. The van der Waals surface area contributed by atoms with E-state index in [1.807, 2.05) is 12.2 Å². The highest BCUT2D eigenvalue weighted by Crippen LogP contribution is 2.04. The lowest BCUT2D eigenvalue weighted by Crippen LogP contribution is -2.13. The molecular weight excluding hydrogens is 128 g/mol. The van der Waals surface area contributed by atoms with E-state index in [1.165, 1.54) is 0 Å². The minimum absolute atomic E-state index is 0.204. The number of carbonyl (C=O) groups excluding carboxylic acids is 2. The Balaban J connectivity index is 2.57. The lowest BCUT2D eigenvalue weighted by atomic mass is 10.0. The van der Waals surface area contributed by atoms with Gasteiger partial charge in [-0.05, 0) is 12.8 Å². The zero-order chi connectivity index (χ0) is 7.40. The first-order valence-electron chi connectivity index (χ1n) is 3.52. The van der Waals surface area contributed by atoms with Gasteiger partial charge in [-0.2, -0.15) is 0 Å². The quantitative estimate of drug-likeness (QED) is 0.373. The number of Topliss-reactive ketones (excluding diaryl/α,β-unsaturated/α-hetero) is 2. The summed E-state index contributed by atoms with van der Waals surface area (Å²) in [5.74, 6) is -0.409. The van der Waals surface area contributed by atoms with Gasteiger partial charge >= 0.3 is 0 Å². The normalized spacial score (nSPS) is 23.6. The maximum Gasteiger partial charge on any atom is 0.198 e. The first-order valence-corrected chi connectivity index (χ1v) is 3.52. The standard InChI is InChI=1S/C8H10O2/c9-7-5-3-1-2-4-6-8(7)10/h1-2H,3-6H2/b2-1+. The Morgan fingerprint density at radius 1 is 0.900 bits per heavy atom. The third kappa shape index (κ3) is 1.79. The Hall–Kier alpha value is -0.920. The van der Waals surface area contributed by atoms with Crippen molar-refractivity contribution < 1.29 is 9.59 Å². The molecule has 0 spiro atoms. The monoisotopic (exact) mass is 138 g/mol. The van der Waals surface area contributed by atoms with E-state index >= 15 is 0 Å². The van der Waals surface area contributed by atoms with Gasteiger partial charge in [-0.15, -0.1) is 0 Å². The van der Waals surface area contributed by atoms with Crippen LogP contribution >= 0.6 is 0 Å². The van der Waals surface area contributed by atoms with Crippen LogP contribution in [0, 0.1) is 0 Å². The van der Waals surface area contributed by atoms with E-state index in [2.05, 4.69) is 0 Å². The summed E-state index contributed by atoms with van der Waals surface area (Å²) in [6.45, 7) is 0. The first-order chi connectivity index (χ1) is 4.80. The minimum Gasteiger partial charge on any atom is -0.291 e. The molecular formula is C8H10O2. The summed E-state index contributed by atoms with van der Waals surface area (Å²) in [5.41, 5.74) is 0. The number of ketones is 2. The molecule has 0 aromatic heterocycles. The van der Waals surface area contributed by atoms with Crippen molar-refractivity contribution in [3.05, 3.63) is 12.2 Å². The first kappa shape index (κ1) is 7.19. The Morgan fingerprint density at radius 2 is 1.30 bits per heavy atom. The highest BCUT2D eigenvalue weighted by Gasteiger charge is 2.12. The average Bonchev–Trinajstić information content (AvgIpc) is 1.92. The smallest absolute Gasteiger partial charge is 0.198 e. The molecule has 0 unspecified atom stereocenters. The minimum atomic E-state index is -0.204. The summed E-state index contributed by atoms with van der Waals surface area (Å²) in [6, 6.07) is 0. The van der Waals surface area contributed by atoms with Crippen molar-refractivity contribution in [2.45, 2.75) is 25.7 Å². The molecule has 1 rings (SSSR count). The maximum atomic E-state index is 10.8. The third-order valence-corrected chi connectivity index (χ3v) is 1.55. The van der Waals surface area contributed by atoms with E-state index in [4.69, 9.17) is 0 Å². The molecule has 0 atom stereocenters. The fourth-order valence-corrected chi connectivity index (χ4v) is 0.943. The number of hydrogen-bond acceptors (Lipinski definition) is 2. The van der Waals surface area contributed by atoms with Crippen molar-refractivity contribution >= 4 is 11.6 Å². The van der Waals surface area contributed by atoms with Crippen molar-refractivity contribution in [2.24, 2.45) is 0 Å². The van der Waals surface area contributed by atoms with E-state index in [0.29, 0.717) is 12.8 Å². The van der Waals surface area contributed by atoms with Gasteiger partial charge < -0.3 is 0 Å². The van der Waals surface area contributed by atoms with Crippen molar-refractivity contribution in [2.75, 3.05) is 0 Å². The molecule has 0 aromatic carbocycles. The fourth-order valence-electron chi connectivity index (χ4n) is 0.943. The predicted molar refractivity (Wildman–Crippen MR) is 37.6 cm³/mol. The SMILES string of the molecule is O=C1CC/C=C/CCC1=O. The lowest BCUT2D eigenvalue weighted by Gasteiger charge is -1.99. The van der Waals surface area contributed by atoms with Crippen molar-refractivity contribution in [1.82, 2.24) is 0 Å². The molecule has 0 heterocycles. The highest BCUT2D eigenvalue weighted by atomic mass is 16.2. The molecule has 0 saturated carbocycles. The van der Waals surface area contributed by atoms with Crippen LogP contribution in [0.4, 0.5) is 0 Å². The number of rotatable bonds is 0. The molecule has 0 aliphatic heterocycles. The zero-order valence-electron chi connectivity index (χ0n) is 5.80. The van der Waals surface area contributed by atoms with Crippen molar-refractivity contribution in [3.63, 3.8) is 0 Å². The van der Waals surface area contributed by atoms with Gasteiger partial charge in [0.1, 0.15) is 0 Å². The van der Waals surface area contributed by atoms with Gasteiger partial charge in [0.15, 0.2) is 11.6 Å². The van der Waals surface area contributed by atoms with Crippen LogP contribution < -0.4 is 0 Å². The maximum absolute atomic E-state index is 10.8. The summed E-state index contributed by atoms with van der Waals surface area (Å²) in [4.78, 5) is 21.6. The summed E-state index contributed by atoms with van der Waals surface area (Å²) < 4.78 is 0. The van der Waals surface area contributed by atoms with Crippen LogP contribution in [-0.2, 0) is 9.59 Å². The molecule has 10 heavy (non-hydrogen) atoms. The third-order valence-electron chi connectivity index (χ3n) is 1.55. The topological polar surface area (TPSA) is 34.1 Å². The lowest BCUT2D eigenvalue weighted by molar-refractivity contribution is -0.136. The van der Waals surface area contributed by atoms with Gasteiger partial charge in [0.05, 0.1) is 0 Å². The second-order valence-electron chi connectivity index (χ2n) is 2.40. The summed E-state index contributed by atoms with van der Waals surface area (Å²) in [7, 11) is 0. The highest BCUT2D eigenvalue weighted by molar-refractivity contribution is 6.37. The van der Waals surface area contributed by atoms with E-state index in [1.54, 1.807) is 0 Å². The summed E-state index contributed by atoms with van der Waals surface area (Å²) in [5, 5.41) is 0. The van der Waals surface area contributed by atoms with Gasteiger partial charge in [-0.1, -0.05) is 12.2 Å². The summed E-state index contributed by atoms with van der Waals surface area (Å²) in [6.07, 6.45) is 6.18. The molecule has 2 heteroatoms. The van der Waals surface area contributed by atoms with Gasteiger partial charge in [-0.25, -0.2) is 0 Å². The summed E-state index contributed by atoms with van der Waals surface area (Å²) >= 11 is 0. The second kappa shape index (κ2) is 3.30. The number of allylic oxidation sites excluding steroid dienone is 2. The molecule has 0 amide bonds. The average molecular weight is 138 g/mol. The molecule has 0 fully saturated rings. The molecule has 1 aliphatic carbocycles. The van der Waals surface area contributed by atoms with Gasteiger partial charge in [0.2, 0.25) is 0 Å². The van der Waals surface area contributed by atoms with Crippen LogP contribution in [0.1, 0.15) is 25.7 Å². The number of carbonyl (C=O) groups is 2. The van der Waals surface area contributed by atoms with Gasteiger partial charge in [-0.3, -0.25) is 9.59 Å². The molecule has 1 aliphatic rings. The Labute approximate surface area is 59.9 Å². The van der Waals surface area contributed by atoms with E-state index < -0.39 is 0 Å². The van der Waals surface area contributed by atoms with Crippen LogP contribution in [0.25, 0.3) is 0 Å². The Bertz CT molecular complexity index is 160. The van der Waals surface area contributed by atoms with Gasteiger partial charge in [0, 0.05) is 12.8 Å². The van der Waals surface area contributed by atoms with E-state index in [-0.39, 0.29) is 11.6 Å².